The number of hydrogen-bond donors (Lipinski definition) is 0. The minimum absolute atomic E-state index is 0.537. The molecule has 2 unspecified atom stereocenters. The van der Waals surface area contributed by atoms with Crippen molar-refractivity contribution >= 4 is 13.6 Å². The minimum atomic E-state index is -1.71. The average Bonchev–Trinajstić information content (AvgIpc) is 3.15. The van der Waals surface area contributed by atoms with E-state index in [9.17, 15) is 0 Å². The predicted octanol–water partition coefficient (Wildman–Crippen LogP) is 7.30. The van der Waals surface area contributed by atoms with E-state index in [1.165, 1.54) is 27.8 Å². The fourth-order valence-electron chi connectivity index (χ4n) is 5.40. The molecule has 0 heterocycles. The smallest absolute Gasteiger partial charge is 0.0709 e. The molecule has 0 spiro atoms. The monoisotopic (exact) mass is 370 g/mol. The number of benzene rings is 2. The zero-order valence-corrected chi connectivity index (χ0v) is 18.4. The SMILES string of the molecule is CC1=C(C)C(C)C([Si](C)(C)C2C=C(c3ccccc3)c3ccccc32)=C1C. The molecule has 4 rings (SSSR count). The first-order chi connectivity index (χ1) is 12.8. The Morgan fingerprint density at radius 2 is 1.41 bits per heavy atom. The second kappa shape index (κ2) is 6.49. The lowest BCUT2D eigenvalue weighted by molar-refractivity contribution is 0.841. The van der Waals surface area contributed by atoms with E-state index in [-0.39, 0.29) is 0 Å². The Bertz CT molecular complexity index is 986. The highest BCUT2D eigenvalue weighted by atomic mass is 28.3. The van der Waals surface area contributed by atoms with Crippen molar-refractivity contribution in [2.24, 2.45) is 5.92 Å². The van der Waals surface area contributed by atoms with Gasteiger partial charge < -0.3 is 0 Å². The molecule has 0 radical (unpaired) electrons. The van der Waals surface area contributed by atoms with Crippen molar-refractivity contribution in [3.05, 3.63) is 99.3 Å². The van der Waals surface area contributed by atoms with Crippen molar-refractivity contribution < 1.29 is 0 Å². The van der Waals surface area contributed by atoms with Gasteiger partial charge in [0, 0.05) is 5.54 Å². The number of hydrogen-bond acceptors (Lipinski definition) is 0. The topological polar surface area (TPSA) is 0 Å². The van der Waals surface area contributed by atoms with Crippen molar-refractivity contribution in [3.8, 4) is 0 Å². The summed E-state index contributed by atoms with van der Waals surface area (Å²) in [7, 11) is -1.71. The first-order valence-corrected chi connectivity index (χ1v) is 13.2. The molecule has 1 heteroatoms. The zero-order chi connectivity index (χ0) is 19.3. The molecule has 2 atom stereocenters. The molecule has 0 aromatic heterocycles. The third-order valence-corrected chi connectivity index (χ3v) is 11.3. The maximum absolute atomic E-state index is 2.59. The van der Waals surface area contributed by atoms with Crippen molar-refractivity contribution in [1.82, 2.24) is 0 Å². The maximum atomic E-state index is 2.59. The van der Waals surface area contributed by atoms with Gasteiger partial charge in [-0.15, -0.1) is 0 Å². The van der Waals surface area contributed by atoms with Crippen LogP contribution in [0.1, 0.15) is 49.9 Å². The molecule has 0 nitrogen and oxygen atoms in total. The van der Waals surface area contributed by atoms with E-state index in [0.29, 0.717) is 11.5 Å². The van der Waals surface area contributed by atoms with Crippen LogP contribution in [0.4, 0.5) is 0 Å². The molecule has 0 saturated heterocycles. The standard InChI is InChI=1S/C26H30Si/c1-17-18(2)20(4)26(19(17)3)27(5,6)25-16-24(21-12-8-7-9-13-21)22-14-10-11-15-23(22)25/h7-16,19,25H,1-6H3. The van der Waals surface area contributed by atoms with Gasteiger partial charge in [0.05, 0.1) is 8.07 Å². The Morgan fingerprint density at radius 1 is 0.778 bits per heavy atom. The van der Waals surface area contributed by atoms with E-state index in [0.717, 1.165) is 0 Å². The fourth-order valence-corrected chi connectivity index (χ4v) is 9.83. The van der Waals surface area contributed by atoms with Crippen molar-refractivity contribution in [1.29, 1.82) is 0 Å². The largest absolute Gasteiger partial charge is 0.0880 e. The van der Waals surface area contributed by atoms with Crippen LogP contribution in [0, 0.1) is 5.92 Å². The fraction of sp³-hybridized carbons (Fsp3) is 0.308. The van der Waals surface area contributed by atoms with Crippen LogP contribution in [-0.4, -0.2) is 8.07 Å². The van der Waals surface area contributed by atoms with Crippen molar-refractivity contribution in [2.75, 3.05) is 0 Å². The lowest BCUT2D eigenvalue weighted by atomic mass is 9.99. The Kier molecular flexibility index (Phi) is 4.39. The van der Waals surface area contributed by atoms with Gasteiger partial charge in [0.25, 0.3) is 0 Å². The van der Waals surface area contributed by atoms with Gasteiger partial charge in [0.2, 0.25) is 0 Å². The third kappa shape index (κ3) is 2.71. The summed E-state index contributed by atoms with van der Waals surface area (Å²) in [6, 6.07) is 20.0. The van der Waals surface area contributed by atoms with E-state index in [1.807, 2.05) is 0 Å². The van der Waals surface area contributed by atoms with Crippen LogP contribution in [-0.2, 0) is 0 Å². The second-order valence-corrected chi connectivity index (χ2v) is 13.4. The van der Waals surface area contributed by atoms with Crippen molar-refractivity contribution in [2.45, 2.75) is 46.3 Å². The number of fused-ring (bicyclic) bond motifs is 1. The minimum Gasteiger partial charge on any atom is -0.0709 e. The molecule has 0 aliphatic heterocycles. The summed E-state index contributed by atoms with van der Waals surface area (Å²) in [4.78, 5) is 0. The molecular formula is C26H30Si. The molecule has 2 aliphatic rings. The molecular weight excluding hydrogens is 340 g/mol. The Morgan fingerprint density at radius 3 is 2.04 bits per heavy atom. The molecule has 0 fully saturated rings. The Labute approximate surface area is 165 Å². The molecule has 0 saturated carbocycles. The predicted molar refractivity (Wildman–Crippen MR) is 120 cm³/mol. The highest BCUT2D eigenvalue weighted by molar-refractivity contribution is 6.86. The Hall–Kier alpha value is -2.12. The summed E-state index contributed by atoms with van der Waals surface area (Å²) in [5, 5.41) is 1.75. The molecule has 2 aromatic rings. The Balaban J connectivity index is 1.86. The van der Waals surface area contributed by atoms with Crippen LogP contribution in [0.2, 0.25) is 13.1 Å². The zero-order valence-electron chi connectivity index (χ0n) is 17.4. The summed E-state index contributed by atoms with van der Waals surface area (Å²) in [5.41, 5.74) is 10.9. The molecule has 0 N–H and O–H groups in total. The van der Waals surface area contributed by atoms with Gasteiger partial charge in [0.1, 0.15) is 0 Å². The third-order valence-electron chi connectivity index (χ3n) is 7.12. The van der Waals surface area contributed by atoms with Crippen LogP contribution in [0.15, 0.2) is 82.6 Å². The van der Waals surface area contributed by atoms with Gasteiger partial charge in [0.15, 0.2) is 0 Å². The molecule has 27 heavy (non-hydrogen) atoms. The van der Waals surface area contributed by atoms with Crippen LogP contribution in [0.25, 0.3) is 5.57 Å². The summed E-state index contributed by atoms with van der Waals surface area (Å²) in [6.07, 6.45) is 2.59. The van der Waals surface area contributed by atoms with Gasteiger partial charge in [-0.1, -0.05) is 97.0 Å². The van der Waals surface area contributed by atoms with E-state index in [4.69, 9.17) is 0 Å². The van der Waals surface area contributed by atoms with E-state index in [2.05, 4.69) is 101 Å². The van der Waals surface area contributed by atoms with Gasteiger partial charge in [-0.25, -0.2) is 0 Å². The molecule has 2 aromatic carbocycles. The second-order valence-electron chi connectivity index (χ2n) is 8.80. The van der Waals surface area contributed by atoms with Crippen molar-refractivity contribution in [3.63, 3.8) is 0 Å². The molecule has 2 aliphatic carbocycles. The van der Waals surface area contributed by atoms with Gasteiger partial charge >= 0.3 is 0 Å². The summed E-state index contributed by atoms with van der Waals surface area (Å²) < 4.78 is 0. The normalized spacial score (nSPS) is 22.4. The van der Waals surface area contributed by atoms with Crippen LogP contribution in [0.5, 0.6) is 0 Å². The first-order valence-electron chi connectivity index (χ1n) is 10.1. The summed E-state index contributed by atoms with van der Waals surface area (Å²) in [6.45, 7) is 14.6. The quantitative estimate of drug-likeness (QED) is 0.497. The van der Waals surface area contributed by atoms with Crippen LogP contribution >= 0.6 is 0 Å². The lowest BCUT2D eigenvalue weighted by Crippen LogP contribution is -2.39. The first kappa shape index (κ1) is 18.2. The van der Waals surface area contributed by atoms with Gasteiger partial charge in [-0.2, -0.15) is 0 Å². The number of allylic oxidation sites excluding steroid dienone is 5. The highest BCUT2D eigenvalue weighted by Gasteiger charge is 2.44. The maximum Gasteiger partial charge on any atom is 0.0880 e. The number of rotatable bonds is 3. The van der Waals surface area contributed by atoms with Crippen LogP contribution < -0.4 is 0 Å². The lowest BCUT2D eigenvalue weighted by Gasteiger charge is -2.35. The van der Waals surface area contributed by atoms with E-state index in [1.54, 1.807) is 16.3 Å². The summed E-state index contributed by atoms with van der Waals surface area (Å²) in [5.74, 6) is 0.591. The van der Waals surface area contributed by atoms with E-state index < -0.39 is 8.07 Å². The average molecular weight is 371 g/mol. The highest BCUT2D eigenvalue weighted by Crippen LogP contribution is 2.50. The molecule has 0 amide bonds. The molecule has 0 bridgehead atoms. The molecule has 138 valence electrons. The van der Waals surface area contributed by atoms with Gasteiger partial charge in [-0.05, 0) is 54.5 Å². The van der Waals surface area contributed by atoms with E-state index >= 15 is 0 Å². The van der Waals surface area contributed by atoms with Gasteiger partial charge in [-0.3, -0.25) is 0 Å². The van der Waals surface area contributed by atoms with Crippen LogP contribution in [0.3, 0.4) is 0 Å². The summed E-state index contributed by atoms with van der Waals surface area (Å²) >= 11 is 0.